The molecule has 2 rings (SSSR count). The fraction of sp³-hybridized carbons (Fsp3) is 0.0667. The highest BCUT2D eigenvalue weighted by atomic mass is 35.5. The third-order valence-electron chi connectivity index (χ3n) is 2.74. The molecule has 0 aliphatic heterocycles. The number of benzene rings is 1. The van der Waals surface area contributed by atoms with Crippen molar-refractivity contribution >= 4 is 29.1 Å². The summed E-state index contributed by atoms with van der Waals surface area (Å²) in [6, 6.07) is 9.33. The lowest BCUT2D eigenvalue weighted by Gasteiger charge is -1.93. The summed E-state index contributed by atoms with van der Waals surface area (Å²) in [5, 5.41) is 15.0. The molecular formula is C15H12ClN3O3. The number of aryl methyl sites for hydroxylation is 1. The van der Waals surface area contributed by atoms with Crippen LogP contribution >= 0.6 is 11.6 Å². The first-order valence-corrected chi connectivity index (χ1v) is 6.68. The number of carbonyl (C=O) groups is 1. The normalized spacial score (nSPS) is 11.8. The monoisotopic (exact) mass is 317 g/mol. The average molecular weight is 318 g/mol. The molecule has 0 saturated carbocycles. The number of nitrogens with zero attached hydrogens (tertiary/aromatic N) is 3. The zero-order valence-corrected chi connectivity index (χ0v) is 12.4. The fourth-order valence-electron chi connectivity index (χ4n) is 1.78. The number of hydrogen-bond donors (Lipinski definition) is 0. The smallest absolute Gasteiger partial charge is 0.287 e. The second kappa shape index (κ2) is 6.82. The maximum Gasteiger partial charge on any atom is 0.318 e. The highest BCUT2D eigenvalue weighted by molar-refractivity contribution is 6.33. The molecule has 0 fully saturated rings. The van der Waals surface area contributed by atoms with Crippen LogP contribution in [0.5, 0.6) is 0 Å². The zero-order chi connectivity index (χ0) is 16.1. The van der Waals surface area contributed by atoms with Gasteiger partial charge in [-0.1, -0.05) is 41.9 Å². The third-order valence-corrected chi connectivity index (χ3v) is 2.97. The van der Waals surface area contributed by atoms with Crippen molar-refractivity contribution in [3.63, 3.8) is 0 Å². The van der Waals surface area contributed by atoms with Gasteiger partial charge in [0.05, 0.1) is 4.92 Å². The summed E-state index contributed by atoms with van der Waals surface area (Å²) in [5.74, 6) is -0.577. The van der Waals surface area contributed by atoms with Gasteiger partial charge in [0.15, 0.2) is 0 Å². The first-order chi connectivity index (χ1) is 10.5. The topological polar surface area (TPSA) is 78.0 Å². The van der Waals surface area contributed by atoms with E-state index in [4.69, 9.17) is 11.6 Å². The van der Waals surface area contributed by atoms with Gasteiger partial charge in [-0.2, -0.15) is 5.10 Å². The Morgan fingerprint density at radius 1 is 1.32 bits per heavy atom. The summed E-state index contributed by atoms with van der Waals surface area (Å²) in [4.78, 5) is 22.2. The molecule has 0 amide bonds. The highest BCUT2D eigenvalue weighted by Crippen LogP contribution is 2.18. The minimum Gasteiger partial charge on any atom is -0.287 e. The number of hydrogen-bond acceptors (Lipinski definition) is 4. The average Bonchev–Trinajstić information content (AvgIpc) is 2.88. The number of aromatic nitrogens is 2. The maximum atomic E-state index is 12.0. The molecule has 7 heteroatoms. The molecule has 0 radical (unpaired) electrons. The Labute approximate surface area is 131 Å². The molecule has 0 spiro atoms. The summed E-state index contributed by atoms with van der Waals surface area (Å²) in [6.45, 7) is 0. The molecule has 1 aromatic carbocycles. The number of nitro groups is 1. The Morgan fingerprint density at radius 2 is 2.00 bits per heavy atom. The molecule has 0 saturated heterocycles. The van der Waals surface area contributed by atoms with Crippen molar-refractivity contribution in [3.05, 3.63) is 75.1 Å². The second-order valence-electron chi connectivity index (χ2n) is 4.43. The Hall–Kier alpha value is -2.73. The van der Waals surface area contributed by atoms with Crippen LogP contribution in [0.4, 0.5) is 5.69 Å². The van der Waals surface area contributed by atoms with Crippen LogP contribution in [-0.2, 0) is 7.05 Å². The number of ketones is 1. The van der Waals surface area contributed by atoms with Crippen molar-refractivity contribution in [2.24, 2.45) is 7.05 Å². The van der Waals surface area contributed by atoms with Crippen LogP contribution in [0.3, 0.4) is 0 Å². The minimum atomic E-state index is -0.643. The van der Waals surface area contributed by atoms with Gasteiger partial charge in [-0.05, 0) is 23.8 Å². The molecule has 0 bridgehead atoms. The Morgan fingerprint density at radius 3 is 2.64 bits per heavy atom. The van der Waals surface area contributed by atoms with E-state index < -0.39 is 10.7 Å². The molecule has 6 nitrogen and oxygen atoms in total. The van der Waals surface area contributed by atoms with E-state index in [9.17, 15) is 14.9 Å². The van der Waals surface area contributed by atoms with Crippen LogP contribution in [0.15, 0.2) is 53.7 Å². The van der Waals surface area contributed by atoms with E-state index >= 15 is 0 Å². The summed E-state index contributed by atoms with van der Waals surface area (Å²) in [6.07, 6.45) is 5.41. The van der Waals surface area contributed by atoms with Gasteiger partial charge in [0, 0.05) is 12.1 Å². The van der Waals surface area contributed by atoms with E-state index in [1.165, 1.54) is 24.0 Å². The van der Waals surface area contributed by atoms with Gasteiger partial charge in [0.1, 0.15) is 6.20 Å². The number of carbonyl (C=O) groups excluding carboxylic acids is 1. The molecule has 1 heterocycles. The van der Waals surface area contributed by atoms with E-state index in [2.05, 4.69) is 5.10 Å². The number of rotatable bonds is 5. The lowest BCUT2D eigenvalue weighted by Crippen LogP contribution is -2.01. The first-order valence-electron chi connectivity index (χ1n) is 6.30. The van der Waals surface area contributed by atoms with Gasteiger partial charge in [0.25, 0.3) is 0 Å². The SMILES string of the molecule is Cn1cc([N+](=O)[O-])c(C(=O)/C=C/C(Cl)=C/c2ccccc2)n1. The fourth-order valence-corrected chi connectivity index (χ4v) is 1.96. The van der Waals surface area contributed by atoms with Crippen molar-refractivity contribution in [1.29, 1.82) is 0 Å². The van der Waals surface area contributed by atoms with Crippen LogP contribution in [0.2, 0.25) is 0 Å². The molecule has 0 atom stereocenters. The van der Waals surface area contributed by atoms with E-state index in [0.29, 0.717) is 5.03 Å². The van der Waals surface area contributed by atoms with E-state index in [-0.39, 0.29) is 11.4 Å². The molecule has 2 aromatic rings. The molecule has 0 aliphatic rings. The molecule has 0 aliphatic carbocycles. The van der Waals surface area contributed by atoms with E-state index in [0.717, 1.165) is 11.6 Å². The maximum absolute atomic E-state index is 12.0. The van der Waals surface area contributed by atoms with Gasteiger partial charge in [-0.25, -0.2) is 0 Å². The van der Waals surface area contributed by atoms with Crippen molar-refractivity contribution in [3.8, 4) is 0 Å². The molecule has 1 aromatic heterocycles. The Balaban J connectivity index is 2.18. The van der Waals surface area contributed by atoms with Gasteiger partial charge < -0.3 is 0 Å². The van der Waals surface area contributed by atoms with Gasteiger partial charge in [-0.15, -0.1) is 0 Å². The summed E-state index contributed by atoms with van der Waals surface area (Å²) >= 11 is 6.02. The zero-order valence-electron chi connectivity index (χ0n) is 11.6. The van der Waals surface area contributed by atoms with Crippen molar-refractivity contribution in [2.45, 2.75) is 0 Å². The van der Waals surface area contributed by atoms with Crippen LogP contribution in [0.25, 0.3) is 6.08 Å². The first kappa shape index (κ1) is 15.7. The van der Waals surface area contributed by atoms with Gasteiger partial charge in [0.2, 0.25) is 11.5 Å². The molecule has 22 heavy (non-hydrogen) atoms. The number of allylic oxidation sites excluding steroid dienone is 3. The third kappa shape index (κ3) is 3.89. The van der Waals surface area contributed by atoms with Crippen molar-refractivity contribution in [1.82, 2.24) is 9.78 Å². The van der Waals surface area contributed by atoms with Crippen LogP contribution in [-0.4, -0.2) is 20.5 Å². The van der Waals surface area contributed by atoms with Gasteiger partial charge in [-0.3, -0.25) is 19.6 Å². The molecular weight excluding hydrogens is 306 g/mol. The lowest BCUT2D eigenvalue weighted by atomic mass is 10.2. The summed E-state index contributed by atoms with van der Waals surface area (Å²) in [7, 11) is 1.51. The van der Waals surface area contributed by atoms with Crippen LogP contribution < -0.4 is 0 Å². The Bertz CT molecular complexity index is 764. The van der Waals surface area contributed by atoms with Crippen LogP contribution in [0, 0.1) is 10.1 Å². The summed E-state index contributed by atoms with van der Waals surface area (Å²) < 4.78 is 1.22. The second-order valence-corrected chi connectivity index (χ2v) is 4.87. The molecule has 112 valence electrons. The Kier molecular flexibility index (Phi) is 4.85. The minimum absolute atomic E-state index is 0.215. The largest absolute Gasteiger partial charge is 0.318 e. The highest BCUT2D eigenvalue weighted by Gasteiger charge is 2.22. The number of halogens is 1. The van der Waals surface area contributed by atoms with Crippen molar-refractivity contribution in [2.75, 3.05) is 0 Å². The van der Waals surface area contributed by atoms with E-state index in [1.54, 1.807) is 6.08 Å². The lowest BCUT2D eigenvalue weighted by molar-refractivity contribution is -0.385. The van der Waals surface area contributed by atoms with Gasteiger partial charge >= 0.3 is 5.69 Å². The predicted octanol–water partition coefficient (Wildman–Crippen LogP) is 3.35. The quantitative estimate of drug-likeness (QED) is 0.278. The predicted molar refractivity (Wildman–Crippen MR) is 83.6 cm³/mol. The molecule has 0 N–H and O–H groups in total. The van der Waals surface area contributed by atoms with Crippen LogP contribution in [0.1, 0.15) is 16.1 Å². The summed E-state index contributed by atoms with van der Waals surface area (Å²) in [5.41, 5.74) is 0.335. The molecule has 0 unspecified atom stereocenters. The standard InChI is InChI=1S/C15H12ClN3O3/c1-18-10-13(19(21)22)15(17-18)14(20)8-7-12(16)9-11-5-3-2-4-6-11/h2-10H,1H3/b8-7+,12-9-. The van der Waals surface area contributed by atoms with Crippen molar-refractivity contribution < 1.29 is 9.72 Å². The van der Waals surface area contributed by atoms with E-state index in [1.807, 2.05) is 30.3 Å².